The van der Waals surface area contributed by atoms with Crippen molar-refractivity contribution in [3.05, 3.63) is 74.3 Å². The first kappa shape index (κ1) is 54.6. The SMILES string of the molecule is CCC1Cc2c(sc(CC(=O)CCCCCOC)c2-c2nc3ccccc3s2)C(CC)N1.CCC1Cc2c(sc(NC(=O)CCNCCOC)c2-c2nc3ccccc3s2)C(CC)N1C(=O)OC(C)(C)C. The van der Waals surface area contributed by atoms with Crippen molar-refractivity contribution in [1.29, 1.82) is 0 Å². The number of thiophene rings is 2. The maximum atomic E-state index is 13.4. The molecule has 0 saturated carbocycles. The number of carbonyl (C=O) groups excluding carboxylic acids is 3. The molecule has 4 aromatic heterocycles. The lowest BCUT2D eigenvalue weighted by atomic mass is 9.90. The van der Waals surface area contributed by atoms with Gasteiger partial charge >= 0.3 is 6.09 Å². The number of carbonyl (C=O) groups is 3. The molecule has 0 saturated heterocycles. The van der Waals surface area contributed by atoms with Gasteiger partial charge in [0.1, 0.15) is 26.4 Å². The first-order valence-corrected chi connectivity index (χ1v) is 28.9. The molecular weight excluding hydrogens is 969 g/mol. The fourth-order valence-electron chi connectivity index (χ4n) is 9.58. The maximum absolute atomic E-state index is 13.4. The van der Waals surface area contributed by atoms with E-state index in [2.05, 4.69) is 67.9 Å². The Morgan fingerprint density at radius 3 is 2.00 bits per heavy atom. The van der Waals surface area contributed by atoms with Crippen LogP contribution in [-0.4, -0.2) is 90.9 Å². The number of thiazole rings is 2. The molecule has 0 spiro atoms. The summed E-state index contributed by atoms with van der Waals surface area (Å²) in [5.41, 5.74) is 6.31. The molecule has 6 heterocycles. The van der Waals surface area contributed by atoms with Crippen LogP contribution in [0.25, 0.3) is 41.6 Å². The summed E-state index contributed by atoms with van der Waals surface area (Å²) in [6, 6.07) is 17.2. The van der Waals surface area contributed by atoms with Gasteiger partial charge in [-0.3, -0.25) is 14.5 Å². The minimum atomic E-state index is -0.577. The molecule has 0 radical (unpaired) electrons. The zero-order valence-electron chi connectivity index (χ0n) is 43.2. The number of unbranched alkanes of at least 4 members (excludes halogenated alkanes) is 2. The molecule has 16 heteroatoms. The van der Waals surface area contributed by atoms with E-state index in [1.165, 1.54) is 31.1 Å². The average Bonchev–Trinajstić information content (AvgIpc) is 4.14. The summed E-state index contributed by atoms with van der Waals surface area (Å²) in [4.78, 5) is 55.0. The fourth-order valence-corrected chi connectivity index (χ4v) is 14.8. The van der Waals surface area contributed by atoms with Crippen LogP contribution in [0, 0.1) is 0 Å². The number of anilines is 1. The molecular formula is C55H74N6O6S4. The van der Waals surface area contributed by atoms with Crippen LogP contribution in [0.15, 0.2) is 48.5 Å². The van der Waals surface area contributed by atoms with E-state index in [4.69, 9.17) is 24.2 Å². The molecule has 4 atom stereocenters. The lowest BCUT2D eigenvalue weighted by Crippen LogP contribution is -2.48. The minimum Gasteiger partial charge on any atom is -0.444 e. The van der Waals surface area contributed by atoms with Crippen molar-refractivity contribution in [3.8, 4) is 21.1 Å². The van der Waals surface area contributed by atoms with Crippen molar-refractivity contribution in [1.82, 2.24) is 25.5 Å². The van der Waals surface area contributed by atoms with Gasteiger partial charge in [-0.05, 0) is 108 Å². The Morgan fingerprint density at radius 2 is 1.39 bits per heavy atom. The number of hydrogen-bond donors (Lipinski definition) is 3. The van der Waals surface area contributed by atoms with Gasteiger partial charge in [-0.1, -0.05) is 58.4 Å². The van der Waals surface area contributed by atoms with Gasteiger partial charge < -0.3 is 30.2 Å². The van der Waals surface area contributed by atoms with Crippen molar-refractivity contribution < 1.29 is 28.6 Å². The van der Waals surface area contributed by atoms with Gasteiger partial charge in [0.25, 0.3) is 0 Å². The van der Waals surface area contributed by atoms with Crippen LogP contribution in [-0.2, 0) is 43.1 Å². The topological polar surface area (TPSA) is 144 Å². The molecule has 2 aliphatic rings. The molecule has 2 aromatic carbocycles. The van der Waals surface area contributed by atoms with Crippen molar-refractivity contribution in [2.45, 2.75) is 155 Å². The van der Waals surface area contributed by atoms with Crippen LogP contribution >= 0.6 is 45.3 Å². The number of nitrogens with zero attached hydrogens (tertiary/aromatic N) is 3. The normalized spacial score (nSPS) is 17.7. The van der Waals surface area contributed by atoms with E-state index in [1.807, 2.05) is 61.3 Å². The van der Waals surface area contributed by atoms with E-state index < -0.39 is 5.60 Å². The second-order valence-corrected chi connectivity index (χ2v) is 23.7. The van der Waals surface area contributed by atoms with E-state index in [9.17, 15) is 14.4 Å². The minimum absolute atomic E-state index is 0.00596. The standard InChI is InChI=1S/C29H40N4O4S2.C26H34N2O2S2/c1-7-18-17-19-24(26-31-20-11-9-10-12-22(20)38-26)27(32-23(34)13-14-30-15-16-36-6)39-25(19)21(8-2)33(18)28(35)37-29(3,4)5;1-4-17-15-19-24(26-28-21-12-8-9-13-22(21)32-26)23(31-25(19)20(5-2)27-17)16-18(29)11-7-6-10-14-30-3/h9-12,18,21,30H,7-8,13-17H2,1-6H3,(H,32,34);8-9,12-13,17,20,27H,4-7,10-11,14-16H2,1-3H3. The van der Waals surface area contributed by atoms with Crippen molar-refractivity contribution in [3.63, 3.8) is 0 Å². The molecule has 8 rings (SSSR count). The molecule has 0 fully saturated rings. The van der Waals surface area contributed by atoms with E-state index in [1.54, 1.807) is 48.2 Å². The molecule has 2 aliphatic heterocycles. The summed E-state index contributed by atoms with van der Waals surface area (Å²) in [5.74, 6) is 0.293. The summed E-state index contributed by atoms with van der Waals surface area (Å²) in [7, 11) is 3.39. The molecule has 71 heavy (non-hydrogen) atoms. The van der Waals surface area contributed by atoms with Gasteiger partial charge in [-0.2, -0.15) is 0 Å². The summed E-state index contributed by atoms with van der Waals surface area (Å²) >= 11 is 6.83. The molecule has 6 aromatic rings. The second-order valence-electron chi connectivity index (χ2n) is 19.4. The Balaban J connectivity index is 0.000000213. The van der Waals surface area contributed by atoms with Gasteiger partial charge in [-0.25, -0.2) is 14.8 Å². The zero-order valence-corrected chi connectivity index (χ0v) is 46.4. The van der Waals surface area contributed by atoms with Gasteiger partial charge in [0.05, 0.1) is 33.1 Å². The number of aromatic nitrogens is 2. The number of hydrogen-bond acceptors (Lipinski definition) is 14. The van der Waals surface area contributed by atoms with E-state index in [0.717, 1.165) is 99.2 Å². The first-order chi connectivity index (χ1) is 34.3. The Hall–Kier alpha value is -4.13. The van der Waals surface area contributed by atoms with Gasteiger partial charge in [-0.15, -0.1) is 45.3 Å². The highest BCUT2D eigenvalue weighted by molar-refractivity contribution is 7.23. The quantitative estimate of drug-likeness (QED) is 0.0596. The number of Topliss-reactive ketones (excluding diaryl/α,β-unsaturated/α-hetero) is 1. The molecule has 4 unspecified atom stereocenters. The number of rotatable bonds is 21. The van der Waals surface area contributed by atoms with Crippen LogP contribution in [0.5, 0.6) is 0 Å². The van der Waals surface area contributed by atoms with Gasteiger partial charge in [0, 0.05) is 97.1 Å². The second kappa shape index (κ2) is 25.7. The lowest BCUT2D eigenvalue weighted by molar-refractivity contribution is -0.118. The number of nitrogens with one attached hydrogen (secondary N) is 3. The third kappa shape index (κ3) is 13.5. The van der Waals surface area contributed by atoms with Crippen LogP contribution < -0.4 is 16.0 Å². The number of amides is 2. The van der Waals surface area contributed by atoms with Crippen molar-refractivity contribution >= 4 is 88.6 Å². The summed E-state index contributed by atoms with van der Waals surface area (Å²) in [6.45, 7) is 17.1. The third-order valence-electron chi connectivity index (χ3n) is 13.1. The van der Waals surface area contributed by atoms with E-state index >= 15 is 0 Å². The average molecular weight is 1040 g/mol. The molecule has 3 N–H and O–H groups in total. The molecule has 12 nitrogen and oxygen atoms in total. The number of para-hydroxylation sites is 2. The molecule has 0 bridgehead atoms. The summed E-state index contributed by atoms with van der Waals surface area (Å²) in [6.07, 6.45) is 9.71. The van der Waals surface area contributed by atoms with Gasteiger partial charge in [0.2, 0.25) is 5.91 Å². The fraction of sp³-hybridized carbons (Fsp3) is 0.545. The smallest absolute Gasteiger partial charge is 0.411 e. The largest absolute Gasteiger partial charge is 0.444 e. The van der Waals surface area contributed by atoms with Crippen LogP contribution in [0.3, 0.4) is 0 Å². The Labute approximate surface area is 436 Å². The third-order valence-corrected chi connectivity index (χ3v) is 17.8. The zero-order chi connectivity index (χ0) is 50.7. The highest BCUT2D eigenvalue weighted by Crippen LogP contribution is 2.52. The van der Waals surface area contributed by atoms with E-state index in [0.29, 0.717) is 63.2 Å². The summed E-state index contributed by atoms with van der Waals surface area (Å²) in [5, 5.41) is 13.1. The predicted octanol–water partition coefficient (Wildman–Crippen LogP) is 13.3. The Morgan fingerprint density at radius 1 is 0.732 bits per heavy atom. The number of fused-ring (bicyclic) bond motifs is 4. The number of methoxy groups -OCH3 is 2. The van der Waals surface area contributed by atoms with Crippen LogP contribution in [0.2, 0.25) is 0 Å². The van der Waals surface area contributed by atoms with Crippen LogP contribution in [0.4, 0.5) is 9.80 Å². The summed E-state index contributed by atoms with van der Waals surface area (Å²) < 4.78 is 18.4. The van der Waals surface area contributed by atoms with Gasteiger partial charge in [0.15, 0.2) is 0 Å². The highest BCUT2D eigenvalue weighted by Gasteiger charge is 2.42. The van der Waals surface area contributed by atoms with E-state index in [-0.39, 0.29) is 24.1 Å². The van der Waals surface area contributed by atoms with Crippen molar-refractivity contribution in [2.75, 3.05) is 45.8 Å². The predicted molar refractivity (Wildman–Crippen MR) is 296 cm³/mol. The van der Waals surface area contributed by atoms with Crippen molar-refractivity contribution in [2.24, 2.45) is 0 Å². The van der Waals surface area contributed by atoms with Crippen LogP contribution in [0.1, 0.15) is 144 Å². The molecule has 384 valence electrons. The number of ether oxygens (including phenoxy) is 3. The molecule has 0 aliphatic carbocycles. The monoisotopic (exact) mass is 1040 g/mol. The number of benzene rings is 2. The lowest BCUT2D eigenvalue weighted by Gasteiger charge is -2.42. The maximum Gasteiger partial charge on any atom is 0.411 e. The highest BCUT2D eigenvalue weighted by atomic mass is 32.1. The first-order valence-electron chi connectivity index (χ1n) is 25.6. The Bertz CT molecular complexity index is 2650. The number of ketones is 1. The Kier molecular flexibility index (Phi) is 19.8. The molecule has 2 amide bonds.